The number of fused-ring (bicyclic) bond motifs is 1. The highest BCUT2D eigenvalue weighted by Gasteiger charge is 2.37. The van der Waals surface area contributed by atoms with Crippen molar-refractivity contribution in [3.8, 4) is 0 Å². The van der Waals surface area contributed by atoms with Crippen molar-refractivity contribution in [3.63, 3.8) is 0 Å². The summed E-state index contributed by atoms with van der Waals surface area (Å²) in [5.74, 6) is -1.27. The molecule has 1 fully saturated rings. The fraction of sp³-hybridized carbons (Fsp3) is 0.444. The van der Waals surface area contributed by atoms with E-state index in [2.05, 4.69) is 4.98 Å². The normalized spacial score (nSPS) is 22.9. The lowest BCUT2D eigenvalue weighted by Gasteiger charge is -2.24. The van der Waals surface area contributed by atoms with Gasteiger partial charge in [-0.2, -0.15) is 0 Å². The van der Waals surface area contributed by atoms with Gasteiger partial charge in [0.25, 0.3) is 5.91 Å². The Morgan fingerprint density at radius 3 is 2.84 bits per heavy atom. The summed E-state index contributed by atoms with van der Waals surface area (Å²) in [6.07, 6.45) is 4.33. The van der Waals surface area contributed by atoms with Crippen molar-refractivity contribution < 1.29 is 18.7 Å². The summed E-state index contributed by atoms with van der Waals surface area (Å²) < 4.78 is 28.8. The minimum atomic E-state index is -0.955. The molecule has 2 atom stereocenters. The Balaban J connectivity index is 1.63. The van der Waals surface area contributed by atoms with Crippen LogP contribution in [0.5, 0.6) is 0 Å². The summed E-state index contributed by atoms with van der Waals surface area (Å²) in [5.41, 5.74) is 0.825. The number of benzene rings is 1. The summed E-state index contributed by atoms with van der Waals surface area (Å²) in [6, 6.07) is 3.11. The first-order chi connectivity index (χ1) is 12.0. The third-order valence-electron chi connectivity index (χ3n) is 5.00. The van der Waals surface area contributed by atoms with Crippen molar-refractivity contribution in [2.45, 2.75) is 44.4 Å². The van der Waals surface area contributed by atoms with Crippen LogP contribution >= 0.6 is 0 Å². The predicted octanol–water partition coefficient (Wildman–Crippen LogP) is 2.45. The molecule has 1 aromatic carbocycles. The maximum absolute atomic E-state index is 13.6. The number of nitrogens with zero attached hydrogens (tertiary/aromatic N) is 3. The number of carbonyl (C=O) groups excluding carboxylic acids is 1. The van der Waals surface area contributed by atoms with E-state index in [1.807, 2.05) is 4.57 Å². The Morgan fingerprint density at radius 1 is 1.24 bits per heavy atom. The van der Waals surface area contributed by atoms with Gasteiger partial charge in [-0.05, 0) is 37.0 Å². The lowest BCUT2D eigenvalue weighted by atomic mass is 10.0. The fourth-order valence-electron chi connectivity index (χ4n) is 3.74. The first-order valence-electron chi connectivity index (χ1n) is 8.53. The van der Waals surface area contributed by atoms with Gasteiger partial charge in [0.15, 0.2) is 11.6 Å². The molecule has 1 saturated heterocycles. The molecule has 3 heterocycles. The second kappa shape index (κ2) is 6.22. The standard InChI is InChI=1S/C18H19F2N3O2/c19-13-5-4-11(7-14(13)20)16-8-12(24)9-23(16)18(25)15-10-22-6-2-1-3-17(22)21-15/h4-5,7,10,12,16,24H,1-3,6,8-9H2/t12-,16-/m0/s1. The van der Waals surface area contributed by atoms with Gasteiger partial charge in [-0.1, -0.05) is 6.07 Å². The lowest BCUT2D eigenvalue weighted by Crippen LogP contribution is -2.32. The number of hydrogen-bond acceptors (Lipinski definition) is 3. The number of aliphatic hydroxyl groups excluding tert-OH is 1. The van der Waals surface area contributed by atoms with Crippen LogP contribution in [0.4, 0.5) is 8.78 Å². The van der Waals surface area contributed by atoms with Crippen LogP contribution in [0.2, 0.25) is 0 Å². The Morgan fingerprint density at radius 2 is 2.08 bits per heavy atom. The monoisotopic (exact) mass is 347 g/mol. The van der Waals surface area contributed by atoms with E-state index in [1.54, 1.807) is 6.20 Å². The van der Waals surface area contributed by atoms with Crippen molar-refractivity contribution in [3.05, 3.63) is 53.1 Å². The number of hydrogen-bond donors (Lipinski definition) is 1. The predicted molar refractivity (Wildman–Crippen MR) is 85.9 cm³/mol. The van der Waals surface area contributed by atoms with Gasteiger partial charge in [-0.25, -0.2) is 13.8 Å². The van der Waals surface area contributed by atoms with Gasteiger partial charge in [0.2, 0.25) is 0 Å². The minimum absolute atomic E-state index is 0.157. The molecule has 132 valence electrons. The average Bonchev–Trinajstić information content (AvgIpc) is 3.20. The molecule has 7 heteroatoms. The van der Waals surface area contributed by atoms with Crippen LogP contribution in [0, 0.1) is 11.6 Å². The van der Waals surface area contributed by atoms with E-state index in [9.17, 15) is 18.7 Å². The Hall–Kier alpha value is -2.28. The van der Waals surface area contributed by atoms with E-state index in [0.717, 1.165) is 43.8 Å². The number of aromatic nitrogens is 2. The number of likely N-dealkylation sites (tertiary alicyclic amines) is 1. The van der Waals surface area contributed by atoms with Crippen LogP contribution in [0.1, 0.15) is 47.2 Å². The number of aliphatic hydroxyl groups is 1. The molecule has 0 bridgehead atoms. The van der Waals surface area contributed by atoms with Crippen molar-refractivity contribution in [2.75, 3.05) is 6.54 Å². The fourth-order valence-corrected chi connectivity index (χ4v) is 3.74. The van der Waals surface area contributed by atoms with Crippen molar-refractivity contribution >= 4 is 5.91 Å². The highest BCUT2D eigenvalue weighted by molar-refractivity contribution is 5.92. The van der Waals surface area contributed by atoms with Gasteiger partial charge in [-0.15, -0.1) is 0 Å². The molecule has 0 radical (unpaired) electrons. The molecule has 0 saturated carbocycles. The van der Waals surface area contributed by atoms with Crippen LogP contribution in [-0.4, -0.2) is 38.1 Å². The molecule has 0 unspecified atom stereocenters. The van der Waals surface area contributed by atoms with Gasteiger partial charge in [0.05, 0.1) is 12.1 Å². The maximum atomic E-state index is 13.6. The van der Waals surface area contributed by atoms with E-state index < -0.39 is 23.8 Å². The van der Waals surface area contributed by atoms with E-state index >= 15 is 0 Å². The summed E-state index contributed by atoms with van der Waals surface area (Å²) in [4.78, 5) is 18.9. The zero-order chi connectivity index (χ0) is 17.6. The summed E-state index contributed by atoms with van der Waals surface area (Å²) in [5, 5.41) is 10.0. The molecule has 1 amide bonds. The van der Waals surface area contributed by atoms with Crippen molar-refractivity contribution in [2.24, 2.45) is 0 Å². The van der Waals surface area contributed by atoms with Gasteiger partial charge >= 0.3 is 0 Å². The van der Waals surface area contributed by atoms with Crippen LogP contribution in [-0.2, 0) is 13.0 Å². The highest BCUT2D eigenvalue weighted by atomic mass is 19.2. The number of aryl methyl sites for hydroxylation is 2. The molecule has 25 heavy (non-hydrogen) atoms. The van der Waals surface area contributed by atoms with Crippen LogP contribution in [0.3, 0.4) is 0 Å². The topological polar surface area (TPSA) is 58.4 Å². The third-order valence-corrected chi connectivity index (χ3v) is 5.00. The van der Waals surface area contributed by atoms with Gasteiger partial charge < -0.3 is 14.6 Å². The molecule has 0 aliphatic carbocycles. The van der Waals surface area contributed by atoms with Crippen LogP contribution < -0.4 is 0 Å². The molecule has 1 N–H and O–H groups in total. The highest BCUT2D eigenvalue weighted by Crippen LogP contribution is 2.34. The van der Waals surface area contributed by atoms with Crippen molar-refractivity contribution in [1.29, 1.82) is 0 Å². The van der Waals surface area contributed by atoms with E-state index in [-0.39, 0.29) is 12.5 Å². The number of carbonyl (C=O) groups is 1. The lowest BCUT2D eigenvalue weighted by molar-refractivity contribution is 0.0710. The first kappa shape index (κ1) is 16.2. The Bertz CT molecular complexity index is 797. The van der Waals surface area contributed by atoms with Crippen LogP contribution in [0.25, 0.3) is 0 Å². The summed E-state index contributed by atoms with van der Waals surface area (Å²) >= 11 is 0. The van der Waals surface area contributed by atoms with E-state index in [1.165, 1.54) is 11.0 Å². The molecule has 1 aromatic heterocycles. The Kier molecular flexibility index (Phi) is 4.03. The molecule has 2 aliphatic rings. The molecule has 2 aromatic rings. The molecule has 5 nitrogen and oxygen atoms in total. The molecule has 0 spiro atoms. The second-order valence-electron chi connectivity index (χ2n) is 6.73. The molecular formula is C18H19F2N3O2. The second-order valence-corrected chi connectivity index (χ2v) is 6.73. The largest absolute Gasteiger partial charge is 0.391 e. The number of β-amino-alcohol motifs (C(OH)–C–C–N with tert-alkyl or cyclic N) is 1. The number of imidazole rings is 1. The quantitative estimate of drug-likeness (QED) is 0.908. The number of halogens is 2. The van der Waals surface area contributed by atoms with Gasteiger partial charge in [0.1, 0.15) is 11.5 Å². The summed E-state index contributed by atoms with van der Waals surface area (Å²) in [6.45, 7) is 1.01. The smallest absolute Gasteiger partial charge is 0.274 e. The SMILES string of the molecule is O=C(c1cn2c(n1)CCCC2)N1C[C@@H](O)C[C@H]1c1ccc(F)c(F)c1. The van der Waals surface area contributed by atoms with Crippen LogP contribution in [0.15, 0.2) is 24.4 Å². The molecular weight excluding hydrogens is 328 g/mol. The van der Waals surface area contributed by atoms with Crippen molar-refractivity contribution in [1.82, 2.24) is 14.5 Å². The third kappa shape index (κ3) is 2.93. The number of amides is 1. The average molecular weight is 347 g/mol. The number of rotatable bonds is 2. The minimum Gasteiger partial charge on any atom is -0.391 e. The maximum Gasteiger partial charge on any atom is 0.274 e. The zero-order valence-electron chi connectivity index (χ0n) is 13.7. The van der Waals surface area contributed by atoms with E-state index in [0.29, 0.717) is 17.7 Å². The zero-order valence-corrected chi connectivity index (χ0v) is 13.7. The van der Waals surface area contributed by atoms with E-state index in [4.69, 9.17) is 0 Å². The summed E-state index contributed by atoms with van der Waals surface area (Å²) in [7, 11) is 0. The molecule has 4 rings (SSSR count). The first-order valence-corrected chi connectivity index (χ1v) is 8.53. The molecule has 2 aliphatic heterocycles. The van der Waals surface area contributed by atoms with Gasteiger partial charge in [0, 0.05) is 25.7 Å². The van der Waals surface area contributed by atoms with Gasteiger partial charge in [-0.3, -0.25) is 4.79 Å². The Labute approximate surface area is 143 Å².